The van der Waals surface area contributed by atoms with Gasteiger partial charge in [-0.2, -0.15) is 15.4 Å². The molecule has 2 aliphatic rings. The summed E-state index contributed by atoms with van der Waals surface area (Å²) in [6.07, 6.45) is 7.15. The van der Waals surface area contributed by atoms with Gasteiger partial charge in [0.25, 0.3) is 11.8 Å². The summed E-state index contributed by atoms with van der Waals surface area (Å²) in [4.78, 5) is 78.3. The third-order valence-electron chi connectivity index (χ3n) is 9.03. The van der Waals surface area contributed by atoms with Gasteiger partial charge in [-0.1, -0.05) is 37.3 Å². The second kappa shape index (κ2) is 16.4. The summed E-state index contributed by atoms with van der Waals surface area (Å²) in [5.41, 5.74) is 4.26. The number of Topliss-reactive ketones (excluding diaryl/α,β-unsaturated/α-hetero) is 1. The van der Waals surface area contributed by atoms with E-state index in [1.807, 2.05) is 0 Å². The van der Waals surface area contributed by atoms with Crippen LogP contribution in [-0.4, -0.2) is 112 Å². The number of H-pyrrole nitrogens is 1. The average molecular weight is 688 g/mol. The summed E-state index contributed by atoms with van der Waals surface area (Å²) in [7, 11) is 0. The molecule has 1 saturated carbocycles. The van der Waals surface area contributed by atoms with Crippen LogP contribution in [0.1, 0.15) is 100 Å². The van der Waals surface area contributed by atoms with Crippen molar-refractivity contribution in [3.05, 3.63) is 23.8 Å². The fraction of sp³-hybridized carbons (Fsp3) is 0.667. The fourth-order valence-electron chi connectivity index (χ4n) is 6.53. The number of amides is 5. The number of nitrogens with zero attached hydrogens (tertiary/aromatic N) is 6. The van der Waals surface area contributed by atoms with Crippen molar-refractivity contribution in [3.8, 4) is 0 Å². The second-order valence-corrected chi connectivity index (χ2v) is 13.2. The molecular weight excluding hydrogens is 642 g/mol. The highest BCUT2D eigenvalue weighted by Gasteiger charge is 2.45. The number of rotatable bonds is 16. The minimum absolute atomic E-state index is 0.0110. The van der Waals surface area contributed by atoms with Gasteiger partial charge in [-0.05, 0) is 45.4 Å². The summed E-state index contributed by atoms with van der Waals surface area (Å²) >= 11 is 0. The largest absolute Gasteiger partial charge is 0.465 e. The first-order valence-electron chi connectivity index (χ1n) is 16.5. The Morgan fingerprint density at radius 2 is 1.80 bits per heavy atom. The SMILES string of the molecule is CC(C)(O)c1cnnn1[C@H]1C[C@@H](C(=O)NC(CCCCNC(=O)O)C(=O)C(N)=O)N(C(=O)C(CC2CCCCC2)NC(=O)c2cn[nH]n2)C1. The summed E-state index contributed by atoms with van der Waals surface area (Å²) in [6, 6.07) is -4.16. The van der Waals surface area contributed by atoms with Crippen LogP contribution in [0.3, 0.4) is 0 Å². The van der Waals surface area contributed by atoms with Crippen molar-refractivity contribution in [1.29, 1.82) is 0 Å². The molecule has 268 valence electrons. The predicted molar refractivity (Wildman–Crippen MR) is 169 cm³/mol. The number of hydrogen-bond acceptors (Lipinski definition) is 11. The first kappa shape index (κ1) is 36.9. The van der Waals surface area contributed by atoms with Crippen molar-refractivity contribution in [2.75, 3.05) is 13.1 Å². The van der Waals surface area contributed by atoms with Gasteiger partial charge in [0, 0.05) is 19.5 Å². The van der Waals surface area contributed by atoms with E-state index in [1.54, 1.807) is 13.8 Å². The van der Waals surface area contributed by atoms with Gasteiger partial charge < -0.3 is 36.8 Å². The van der Waals surface area contributed by atoms with Crippen molar-refractivity contribution < 1.29 is 39.0 Å². The number of ketones is 1. The lowest BCUT2D eigenvalue weighted by Gasteiger charge is -2.32. The molecule has 0 radical (unpaired) electrons. The van der Waals surface area contributed by atoms with E-state index in [-0.39, 0.29) is 44.0 Å². The third kappa shape index (κ3) is 9.80. The molecule has 2 unspecified atom stereocenters. The molecule has 4 atom stereocenters. The Morgan fingerprint density at radius 3 is 2.43 bits per heavy atom. The molecule has 0 bridgehead atoms. The number of carbonyl (C=O) groups is 6. The summed E-state index contributed by atoms with van der Waals surface area (Å²) in [5.74, 6) is -4.04. The topological polar surface area (TPSA) is 281 Å². The van der Waals surface area contributed by atoms with Crippen LogP contribution >= 0.6 is 0 Å². The molecule has 1 aliphatic carbocycles. The van der Waals surface area contributed by atoms with E-state index in [4.69, 9.17) is 10.8 Å². The van der Waals surface area contributed by atoms with Gasteiger partial charge in [-0.25, -0.2) is 9.48 Å². The van der Waals surface area contributed by atoms with Crippen LogP contribution in [0.4, 0.5) is 4.79 Å². The van der Waals surface area contributed by atoms with Gasteiger partial charge >= 0.3 is 6.09 Å². The number of likely N-dealkylation sites (tertiary alicyclic amines) is 1. The van der Waals surface area contributed by atoms with E-state index in [1.165, 1.54) is 22.0 Å². The number of carbonyl (C=O) groups excluding carboxylic acids is 5. The number of carboxylic acid groups (broad SMARTS) is 1. The minimum Gasteiger partial charge on any atom is -0.465 e. The first-order valence-corrected chi connectivity index (χ1v) is 16.5. The maximum atomic E-state index is 14.5. The average Bonchev–Trinajstić information content (AvgIpc) is 3.84. The van der Waals surface area contributed by atoms with E-state index in [9.17, 15) is 33.9 Å². The molecule has 5 amide bonds. The van der Waals surface area contributed by atoms with Gasteiger partial charge in [0.15, 0.2) is 5.69 Å². The molecule has 3 heterocycles. The van der Waals surface area contributed by atoms with E-state index in [0.717, 1.165) is 32.1 Å². The van der Waals surface area contributed by atoms with Crippen molar-refractivity contribution in [3.63, 3.8) is 0 Å². The molecule has 49 heavy (non-hydrogen) atoms. The molecule has 2 fully saturated rings. The summed E-state index contributed by atoms with van der Waals surface area (Å²) < 4.78 is 1.46. The quantitative estimate of drug-likeness (QED) is 0.0870. The minimum atomic E-state index is -1.36. The molecule has 0 aromatic carbocycles. The molecule has 8 N–H and O–H groups in total. The third-order valence-corrected chi connectivity index (χ3v) is 9.03. The number of nitrogens with two attached hydrogens (primary N) is 1. The summed E-state index contributed by atoms with van der Waals surface area (Å²) in [5, 5.41) is 45.1. The van der Waals surface area contributed by atoms with E-state index in [0.29, 0.717) is 18.5 Å². The van der Waals surface area contributed by atoms with Crippen molar-refractivity contribution >= 4 is 35.5 Å². The lowest BCUT2D eigenvalue weighted by molar-refractivity contribution is -0.142. The molecule has 0 spiro atoms. The standard InChI is InChI=1S/C30H45N11O8/c1-30(2,49)23-15-34-39-41(23)18-13-22(27(45)35-19(24(42)25(31)43)10-6-7-11-32-29(47)48)40(16-18)28(46)20(12-17-8-4-3-5-9-17)36-26(44)21-14-33-38-37-21/h14-15,17-20,22,32,49H,3-13,16H2,1-2H3,(H2,31,43)(H,35,45)(H,36,44)(H,47,48)(H,33,37,38)/t18-,19?,20?,22-/m0/s1. The van der Waals surface area contributed by atoms with Crippen LogP contribution in [0.2, 0.25) is 0 Å². The summed E-state index contributed by atoms with van der Waals surface area (Å²) in [6.45, 7) is 3.16. The number of primary amides is 1. The Balaban J connectivity index is 1.62. The number of unbranched alkanes of at least 4 members (excludes halogenated alkanes) is 1. The molecule has 4 rings (SSSR count). The van der Waals surface area contributed by atoms with E-state index < -0.39 is 65.3 Å². The van der Waals surface area contributed by atoms with Crippen LogP contribution in [0.15, 0.2) is 12.4 Å². The lowest BCUT2D eigenvalue weighted by atomic mass is 9.84. The van der Waals surface area contributed by atoms with E-state index in [2.05, 4.69) is 41.7 Å². The normalized spacial score (nSPS) is 19.5. The van der Waals surface area contributed by atoms with Crippen LogP contribution in [0, 0.1) is 5.92 Å². The van der Waals surface area contributed by atoms with Gasteiger partial charge in [0.1, 0.15) is 17.7 Å². The van der Waals surface area contributed by atoms with Gasteiger partial charge in [-0.3, -0.25) is 24.0 Å². The van der Waals surface area contributed by atoms with Crippen LogP contribution in [-0.2, 0) is 24.8 Å². The number of aromatic amines is 1. The zero-order valence-corrected chi connectivity index (χ0v) is 27.6. The zero-order chi connectivity index (χ0) is 35.7. The van der Waals surface area contributed by atoms with Crippen LogP contribution < -0.4 is 21.7 Å². The predicted octanol–water partition coefficient (Wildman–Crippen LogP) is -0.488. The monoisotopic (exact) mass is 687 g/mol. The van der Waals surface area contributed by atoms with Gasteiger partial charge in [0.2, 0.25) is 17.6 Å². The Kier molecular flexibility index (Phi) is 12.4. The number of hydrogen-bond donors (Lipinski definition) is 7. The molecule has 2 aromatic rings. The van der Waals surface area contributed by atoms with Crippen molar-refractivity contribution in [2.45, 2.75) is 108 Å². The van der Waals surface area contributed by atoms with Crippen molar-refractivity contribution in [1.82, 2.24) is 51.3 Å². The van der Waals surface area contributed by atoms with Crippen LogP contribution in [0.25, 0.3) is 0 Å². The lowest BCUT2D eigenvalue weighted by Crippen LogP contribution is -2.56. The molecule has 19 nitrogen and oxygen atoms in total. The fourth-order valence-corrected chi connectivity index (χ4v) is 6.53. The van der Waals surface area contributed by atoms with Crippen LogP contribution in [0.5, 0.6) is 0 Å². The maximum absolute atomic E-state index is 14.5. The molecule has 1 saturated heterocycles. The zero-order valence-electron chi connectivity index (χ0n) is 27.6. The second-order valence-electron chi connectivity index (χ2n) is 13.2. The highest BCUT2D eigenvalue weighted by molar-refractivity contribution is 6.37. The van der Waals surface area contributed by atoms with Crippen molar-refractivity contribution in [2.24, 2.45) is 11.7 Å². The Hall–Kier alpha value is -4.94. The number of aromatic nitrogens is 6. The number of aliphatic hydroxyl groups is 1. The smallest absolute Gasteiger partial charge is 0.404 e. The number of nitrogens with one attached hydrogen (secondary N) is 4. The highest BCUT2D eigenvalue weighted by Crippen LogP contribution is 2.33. The molecule has 19 heteroatoms. The first-order chi connectivity index (χ1) is 23.3. The maximum Gasteiger partial charge on any atom is 0.404 e. The van der Waals surface area contributed by atoms with Gasteiger partial charge in [0.05, 0.1) is 30.2 Å². The Labute approximate surface area is 282 Å². The molecule has 2 aromatic heterocycles. The highest BCUT2D eigenvalue weighted by atomic mass is 16.4. The van der Waals surface area contributed by atoms with E-state index >= 15 is 0 Å². The Bertz CT molecular complexity index is 1480. The molecule has 1 aliphatic heterocycles. The van der Waals surface area contributed by atoms with Gasteiger partial charge in [-0.15, -0.1) is 5.10 Å². The Morgan fingerprint density at radius 1 is 1.06 bits per heavy atom. The molecular formula is C30H45N11O8.